The van der Waals surface area contributed by atoms with E-state index in [4.69, 9.17) is 4.74 Å². The van der Waals surface area contributed by atoms with Crippen molar-refractivity contribution in [3.63, 3.8) is 0 Å². The molecule has 4 heteroatoms. The van der Waals surface area contributed by atoms with Gasteiger partial charge in [0.05, 0.1) is 7.11 Å². The Balaban J connectivity index is 2.67. The number of benzene rings is 1. The maximum atomic E-state index is 5.24. The second-order valence-corrected chi connectivity index (χ2v) is 4.53. The Morgan fingerprint density at radius 2 is 2.19 bits per heavy atom. The van der Waals surface area contributed by atoms with E-state index in [1.54, 1.807) is 7.11 Å². The van der Waals surface area contributed by atoms with Gasteiger partial charge in [-0.1, -0.05) is 0 Å². The molecule has 86 valence electrons. The minimum Gasteiger partial charge on any atom is -0.497 e. The van der Waals surface area contributed by atoms with E-state index in [0.29, 0.717) is 0 Å². The summed E-state index contributed by atoms with van der Waals surface area (Å²) < 4.78 is 8.57. The van der Waals surface area contributed by atoms with Crippen LogP contribution in [0.1, 0.15) is 5.69 Å². The Labute approximate surface area is 104 Å². The molecule has 0 unspecified atom stereocenters. The molecule has 0 spiro atoms. The zero-order chi connectivity index (χ0) is 11.7. The van der Waals surface area contributed by atoms with Gasteiger partial charge in [-0.2, -0.15) is 0 Å². The minimum absolute atomic E-state index is 0.841. The predicted molar refractivity (Wildman–Crippen MR) is 69.9 cm³/mol. The highest BCUT2D eigenvalue weighted by Gasteiger charge is 2.12. The monoisotopic (exact) mass is 282 g/mol. The molecule has 1 N–H and O–H groups in total. The number of fused-ring (bicyclic) bond motifs is 1. The SMILES string of the molecule is CNCc1c(Br)c2cc(OC)ccc2n1C. The molecule has 1 aromatic heterocycles. The van der Waals surface area contributed by atoms with E-state index in [-0.39, 0.29) is 0 Å². The highest BCUT2D eigenvalue weighted by Crippen LogP contribution is 2.32. The van der Waals surface area contributed by atoms with Crippen LogP contribution >= 0.6 is 15.9 Å². The summed E-state index contributed by atoms with van der Waals surface area (Å²) in [6.45, 7) is 0.841. The fourth-order valence-electron chi connectivity index (χ4n) is 1.92. The summed E-state index contributed by atoms with van der Waals surface area (Å²) >= 11 is 3.65. The molecule has 0 aliphatic rings. The second kappa shape index (κ2) is 4.47. The zero-order valence-corrected chi connectivity index (χ0v) is 11.3. The molecule has 0 aliphatic carbocycles. The Morgan fingerprint density at radius 3 is 2.81 bits per heavy atom. The largest absolute Gasteiger partial charge is 0.497 e. The highest BCUT2D eigenvalue weighted by atomic mass is 79.9. The number of methoxy groups -OCH3 is 1. The number of nitrogens with zero attached hydrogens (tertiary/aromatic N) is 1. The summed E-state index contributed by atoms with van der Waals surface area (Å²) in [5.74, 6) is 0.884. The topological polar surface area (TPSA) is 26.2 Å². The van der Waals surface area contributed by atoms with E-state index in [9.17, 15) is 0 Å². The van der Waals surface area contributed by atoms with Crippen LogP contribution in [0.4, 0.5) is 0 Å². The number of rotatable bonds is 3. The highest BCUT2D eigenvalue weighted by molar-refractivity contribution is 9.10. The quantitative estimate of drug-likeness (QED) is 0.937. The van der Waals surface area contributed by atoms with Gasteiger partial charge in [-0.25, -0.2) is 0 Å². The van der Waals surface area contributed by atoms with Crippen LogP contribution in [0.2, 0.25) is 0 Å². The van der Waals surface area contributed by atoms with Crippen molar-refractivity contribution in [1.82, 2.24) is 9.88 Å². The van der Waals surface area contributed by atoms with Gasteiger partial charge < -0.3 is 14.6 Å². The molecule has 0 fully saturated rings. The fourth-order valence-corrected chi connectivity index (χ4v) is 2.65. The molecular weight excluding hydrogens is 268 g/mol. The molecular formula is C12H15BrN2O. The Bertz CT molecular complexity index is 519. The van der Waals surface area contributed by atoms with Crippen LogP contribution in [0.15, 0.2) is 22.7 Å². The van der Waals surface area contributed by atoms with Gasteiger partial charge in [0, 0.05) is 34.7 Å². The van der Waals surface area contributed by atoms with Crippen LogP contribution in [-0.4, -0.2) is 18.7 Å². The molecule has 2 aromatic rings. The van der Waals surface area contributed by atoms with Crippen molar-refractivity contribution in [2.24, 2.45) is 7.05 Å². The molecule has 0 aliphatic heterocycles. The third-order valence-corrected chi connectivity index (χ3v) is 3.69. The van der Waals surface area contributed by atoms with Crippen LogP contribution in [0.3, 0.4) is 0 Å². The lowest BCUT2D eigenvalue weighted by molar-refractivity contribution is 0.415. The first-order valence-corrected chi connectivity index (χ1v) is 5.93. The Hall–Kier alpha value is -1.00. The van der Waals surface area contributed by atoms with Crippen molar-refractivity contribution >= 4 is 26.8 Å². The van der Waals surface area contributed by atoms with Crippen molar-refractivity contribution in [3.8, 4) is 5.75 Å². The molecule has 0 amide bonds. The normalized spacial score (nSPS) is 11.0. The van der Waals surface area contributed by atoms with Crippen molar-refractivity contribution in [2.45, 2.75) is 6.54 Å². The van der Waals surface area contributed by atoms with Gasteiger partial charge in [0.15, 0.2) is 0 Å². The number of hydrogen-bond acceptors (Lipinski definition) is 2. The number of hydrogen-bond donors (Lipinski definition) is 1. The average Bonchev–Trinajstić information content (AvgIpc) is 2.54. The third-order valence-electron chi connectivity index (χ3n) is 2.80. The first-order chi connectivity index (χ1) is 7.69. The van der Waals surface area contributed by atoms with E-state index in [1.165, 1.54) is 16.6 Å². The van der Waals surface area contributed by atoms with Gasteiger partial charge in [0.2, 0.25) is 0 Å². The molecule has 0 saturated carbocycles. The summed E-state index contributed by atoms with van der Waals surface area (Å²) in [5, 5.41) is 4.36. The van der Waals surface area contributed by atoms with Gasteiger partial charge in [-0.15, -0.1) is 0 Å². The van der Waals surface area contributed by atoms with Gasteiger partial charge in [-0.05, 0) is 41.2 Å². The number of aryl methyl sites for hydroxylation is 1. The molecule has 1 heterocycles. The standard InChI is InChI=1S/C12H15BrN2O/c1-14-7-11-12(13)9-6-8(16-3)4-5-10(9)15(11)2/h4-6,14H,7H2,1-3H3. The van der Waals surface area contributed by atoms with Gasteiger partial charge in [0.1, 0.15) is 5.75 Å². The molecule has 0 bridgehead atoms. The third kappa shape index (κ3) is 1.72. The van der Waals surface area contributed by atoms with Gasteiger partial charge >= 0.3 is 0 Å². The molecule has 2 rings (SSSR count). The van der Waals surface area contributed by atoms with E-state index in [0.717, 1.165) is 16.8 Å². The molecule has 0 atom stereocenters. The number of halogens is 1. The van der Waals surface area contributed by atoms with Crippen LogP contribution < -0.4 is 10.1 Å². The van der Waals surface area contributed by atoms with Crippen LogP contribution in [0.25, 0.3) is 10.9 Å². The molecule has 0 saturated heterocycles. The Kier molecular flexibility index (Phi) is 3.21. The summed E-state index contributed by atoms with van der Waals surface area (Å²) in [7, 11) is 5.71. The van der Waals surface area contributed by atoms with Crippen molar-refractivity contribution in [1.29, 1.82) is 0 Å². The first kappa shape index (κ1) is 11.5. The predicted octanol–water partition coefficient (Wildman–Crippen LogP) is 2.67. The maximum absolute atomic E-state index is 5.24. The van der Waals surface area contributed by atoms with Crippen molar-refractivity contribution < 1.29 is 4.74 Å². The zero-order valence-electron chi connectivity index (χ0n) is 9.67. The summed E-state index contributed by atoms with van der Waals surface area (Å²) in [4.78, 5) is 0. The van der Waals surface area contributed by atoms with Crippen molar-refractivity contribution in [2.75, 3.05) is 14.2 Å². The molecule has 16 heavy (non-hydrogen) atoms. The smallest absolute Gasteiger partial charge is 0.119 e. The van der Waals surface area contributed by atoms with E-state index in [1.807, 2.05) is 13.1 Å². The first-order valence-electron chi connectivity index (χ1n) is 5.14. The maximum Gasteiger partial charge on any atom is 0.119 e. The lowest BCUT2D eigenvalue weighted by Gasteiger charge is -2.03. The molecule has 1 aromatic carbocycles. The van der Waals surface area contributed by atoms with Gasteiger partial charge in [0.25, 0.3) is 0 Å². The average molecular weight is 283 g/mol. The molecule has 3 nitrogen and oxygen atoms in total. The van der Waals surface area contributed by atoms with Crippen LogP contribution in [-0.2, 0) is 13.6 Å². The lowest BCUT2D eigenvalue weighted by Crippen LogP contribution is -2.09. The summed E-state index contributed by atoms with van der Waals surface area (Å²) in [6, 6.07) is 6.12. The van der Waals surface area contributed by atoms with E-state index < -0.39 is 0 Å². The number of aromatic nitrogens is 1. The fraction of sp³-hybridized carbons (Fsp3) is 0.333. The summed E-state index contributed by atoms with van der Waals surface area (Å²) in [6.07, 6.45) is 0. The van der Waals surface area contributed by atoms with Gasteiger partial charge in [-0.3, -0.25) is 0 Å². The number of ether oxygens (including phenoxy) is 1. The second-order valence-electron chi connectivity index (χ2n) is 3.73. The van der Waals surface area contributed by atoms with E-state index >= 15 is 0 Å². The van der Waals surface area contributed by atoms with Crippen molar-refractivity contribution in [3.05, 3.63) is 28.4 Å². The van der Waals surface area contributed by atoms with E-state index in [2.05, 4.69) is 45.0 Å². The Morgan fingerprint density at radius 1 is 1.44 bits per heavy atom. The van der Waals surface area contributed by atoms with Crippen LogP contribution in [0.5, 0.6) is 5.75 Å². The minimum atomic E-state index is 0.841. The van der Waals surface area contributed by atoms with Crippen LogP contribution in [0, 0.1) is 0 Å². The number of nitrogens with one attached hydrogen (secondary N) is 1. The lowest BCUT2D eigenvalue weighted by atomic mass is 10.2. The molecule has 0 radical (unpaired) electrons. The summed E-state index contributed by atoms with van der Waals surface area (Å²) in [5.41, 5.74) is 2.45.